The zero-order valence-electron chi connectivity index (χ0n) is 14.6. The van der Waals surface area contributed by atoms with Crippen LogP contribution in [0.1, 0.15) is 37.9 Å². The summed E-state index contributed by atoms with van der Waals surface area (Å²) in [5, 5.41) is 3.00. The molecule has 0 bridgehead atoms. The summed E-state index contributed by atoms with van der Waals surface area (Å²) in [6.45, 7) is 5.31. The minimum absolute atomic E-state index is 0.127. The highest BCUT2D eigenvalue weighted by atomic mass is 16.5. The van der Waals surface area contributed by atoms with Crippen molar-refractivity contribution in [3.05, 3.63) is 5.82 Å². The Morgan fingerprint density at radius 3 is 2.20 bits per heavy atom. The molecule has 3 aliphatic rings. The Labute approximate surface area is 148 Å². The van der Waals surface area contributed by atoms with Crippen LogP contribution in [-0.2, 0) is 16.1 Å². The average molecular weight is 346 g/mol. The van der Waals surface area contributed by atoms with Gasteiger partial charge in [-0.1, -0.05) is 6.42 Å². The first-order chi connectivity index (χ1) is 12.3. The zero-order chi connectivity index (χ0) is 17.1. The molecular formula is C17H26N6O2. The summed E-state index contributed by atoms with van der Waals surface area (Å²) < 4.78 is 5.43. The van der Waals surface area contributed by atoms with E-state index in [0.717, 1.165) is 51.4 Å². The van der Waals surface area contributed by atoms with Crippen LogP contribution in [0.15, 0.2) is 0 Å². The third-order valence-corrected chi connectivity index (χ3v) is 5.24. The predicted octanol–water partition coefficient (Wildman–Crippen LogP) is 0.725. The Kier molecular flexibility index (Phi) is 4.96. The first kappa shape index (κ1) is 16.5. The van der Waals surface area contributed by atoms with Crippen molar-refractivity contribution in [1.82, 2.24) is 20.3 Å². The molecule has 0 radical (unpaired) electrons. The van der Waals surface area contributed by atoms with Gasteiger partial charge in [0.05, 0.1) is 19.8 Å². The fraction of sp³-hybridized carbons (Fsp3) is 0.765. The van der Waals surface area contributed by atoms with Crippen molar-refractivity contribution in [2.24, 2.45) is 5.92 Å². The molecular weight excluding hydrogens is 320 g/mol. The minimum atomic E-state index is 0.127. The summed E-state index contributed by atoms with van der Waals surface area (Å²) in [6, 6.07) is 0. The van der Waals surface area contributed by atoms with Gasteiger partial charge in [0.1, 0.15) is 0 Å². The number of aromatic nitrogens is 3. The fourth-order valence-corrected chi connectivity index (χ4v) is 3.42. The number of amides is 1. The highest BCUT2D eigenvalue weighted by Gasteiger charge is 2.26. The van der Waals surface area contributed by atoms with E-state index in [1.54, 1.807) is 0 Å². The highest BCUT2D eigenvalue weighted by molar-refractivity contribution is 5.79. The van der Waals surface area contributed by atoms with Crippen LogP contribution in [0.3, 0.4) is 0 Å². The second-order valence-electron chi connectivity index (χ2n) is 6.99. The van der Waals surface area contributed by atoms with Crippen molar-refractivity contribution < 1.29 is 9.53 Å². The molecule has 0 unspecified atom stereocenters. The van der Waals surface area contributed by atoms with Crippen molar-refractivity contribution in [3.8, 4) is 0 Å². The van der Waals surface area contributed by atoms with Gasteiger partial charge in [0.15, 0.2) is 5.82 Å². The lowest BCUT2D eigenvalue weighted by Gasteiger charge is -2.28. The monoisotopic (exact) mass is 346 g/mol. The van der Waals surface area contributed by atoms with E-state index in [4.69, 9.17) is 9.72 Å². The Morgan fingerprint density at radius 2 is 1.60 bits per heavy atom. The average Bonchev–Trinajstić information content (AvgIpc) is 3.14. The standard InChI is InChI=1S/C17H26N6O2/c24-15(13-4-3-5-13)18-12-14-19-16(22-6-1-2-7-22)21-17(20-14)23-8-10-25-11-9-23/h13H,1-12H2,(H,18,24). The number of anilines is 2. The van der Waals surface area contributed by atoms with Crippen molar-refractivity contribution in [1.29, 1.82) is 0 Å². The van der Waals surface area contributed by atoms with Crippen LogP contribution in [0.2, 0.25) is 0 Å². The van der Waals surface area contributed by atoms with Crippen LogP contribution in [0.25, 0.3) is 0 Å². The van der Waals surface area contributed by atoms with Gasteiger partial charge in [0, 0.05) is 32.1 Å². The van der Waals surface area contributed by atoms with E-state index in [9.17, 15) is 4.79 Å². The molecule has 25 heavy (non-hydrogen) atoms. The van der Waals surface area contributed by atoms with Crippen molar-refractivity contribution >= 4 is 17.8 Å². The van der Waals surface area contributed by atoms with Gasteiger partial charge in [0.2, 0.25) is 17.8 Å². The lowest BCUT2D eigenvalue weighted by atomic mass is 9.85. The number of rotatable bonds is 5. The maximum Gasteiger partial charge on any atom is 0.230 e. The van der Waals surface area contributed by atoms with Crippen LogP contribution in [-0.4, -0.2) is 60.3 Å². The summed E-state index contributed by atoms with van der Waals surface area (Å²) in [5.74, 6) is 2.39. The van der Waals surface area contributed by atoms with Crippen LogP contribution < -0.4 is 15.1 Å². The lowest BCUT2D eigenvalue weighted by molar-refractivity contribution is -0.127. The Balaban J connectivity index is 1.51. The first-order valence-electron chi connectivity index (χ1n) is 9.40. The van der Waals surface area contributed by atoms with Crippen LogP contribution >= 0.6 is 0 Å². The molecule has 1 aromatic rings. The zero-order valence-corrected chi connectivity index (χ0v) is 14.6. The quantitative estimate of drug-likeness (QED) is 0.841. The van der Waals surface area contributed by atoms with Gasteiger partial charge in [-0.25, -0.2) is 0 Å². The fourth-order valence-electron chi connectivity index (χ4n) is 3.42. The molecule has 136 valence electrons. The number of carbonyl (C=O) groups is 1. The molecule has 8 nitrogen and oxygen atoms in total. The number of carbonyl (C=O) groups excluding carboxylic acids is 1. The molecule has 1 amide bonds. The molecule has 1 aliphatic carbocycles. The van der Waals surface area contributed by atoms with E-state index in [-0.39, 0.29) is 11.8 Å². The van der Waals surface area contributed by atoms with Crippen molar-refractivity contribution in [2.45, 2.75) is 38.6 Å². The second-order valence-corrected chi connectivity index (χ2v) is 6.99. The number of nitrogens with zero attached hydrogens (tertiary/aromatic N) is 5. The summed E-state index contributed by atoms with van der Waals surface area (Å²) in [5.41, 5.74) is 0. The van der Waals surface area contributed by atoms with Gasteiger partial charge >= 0.3 is 0 Å². The third kappa shape index (κ3) is 3.84. The predicted molar refractivity (Wildman–Crippen MR) is 93.5 cm³/mol. The Morgan fingerprint density at radius 1 is 0.960 bits per heavy atom. The Hall–Kier alpha value is -1.96. The molecule has 0 atom stereocenters. The smallest absolute Gasteiger partial charge is 0.230 e. The van der Waals surface area contributed by atoms with E-state index < -0.39 is 0 Å². The van der Waals surface area contributed by atoms with Crippen molar-refractivity contribution in [2.75, 3.05) is 49.2 Å². The summed E-state index contributed by atoms with van der Waals surface area (Å²) in [6.07, 6.45) is 5.50. The van der Waals surface area contributed by atoms with E-state index in [1.807, 2.05) is 0 Å². The van der Waals surface area contributed by atoms with Crippen LogP contribution in [0, 0.1) is 5.92 Å². The van der Waals surface area contributed by atoms with Crippen LogP contribution in [0.5, 0.6) is 0 Å². The van der Waals surface area contributed by atoms with Gasteiger partial charge < -0.3 is 19.9 Å². The largest absolute Gasteiger partial charge is 0.378 e. The van der Waals surface area contributed by atoms with Gasteiger partial charge in [-0.2, -0.15) is 15.0 Å². The van der Waals surface area contributed by atoms with Gasteiger partial charge in [-0.3, -0.25) is 4.79 Å². The molecule has 0 aromatic carbocycles. The molecule has 2 aliphatic heterocycles. The van der Waals surface area contributed by atoms with Gasteiger partial charge in [0.25, 0.3) is 0 Å². The number of hydrogen-bond acceptors (Lipinski definition) is 7. The third-order valence-electron chi connectivity index (χ3n) is 5.24. The Bertz CT molecular complexity index is 609. The topological polar surface area (TPSA) is 83.5 Å². The number of morpholine rings is 1. The minimum Gasteiger partial charge on any atom is -0.378 e. The summed E-state index contributed by atoms with van der Waals surface area (Å²) in [7, 11) is 0. The maximum atomic E-state index is 12.1. The van der Waals surface area contributed by atoms with Crippen molar-refractivity contribution in [3.63, 3.8) is 0 Å². The van der Waals surface area contributed by atoms with E-state index in [2.05, 4.69) is 25.1 Å². The SMILES string of the molecule is O=C(NCc1nc(N2CCCC2)nc(N2CCOCC2)n1)C1CCC1. The maximum absolute atomic E-state index is 12.1. The second kappa shape index (κ2) is 7.51. The number of hydrogen-bond donors (Lipinski definition) is 1. The van der Waals surface area contributed by atoms with E-state index in [0.29, 0.717) is 31.5 Å². The molecule has 3 fully saturated rings. The number of nitrogens with one attached hydrogen (secondary N) is 1. The molecule has 2 saturated heterocycles. The summed E-state index contributed by atoms with van der Waals surface area (Å²) in [4.78, 5) is 30.4. The van der Waals surface area contributed by atoms with E-state index in [1.165, 1.54) is 12.8 Å². The molecule has 1 aromatic heterocycles. The normalized spacial score (nSPS) is 21.3. The molecule has 3 heterocycles. The molecule has 4 rings (SSSR count). The molecule has 8 heteroatoms. The summed E-state index contributed by atoms with van der Waals surface area (Å²) >= 11 is 0. The van der Waals surface area contributed by atoms with Gasteiger partial charge in [-0.15, -0.1) is 0 Å². The number of ether oxygens (including phenoxy) is 1. The lowest BCUT2D eigenvalue weighted by Crippen LogP contribution is -2.38. The highest BCUT2D eigenvalue weighted by Crippen LogP contribution is 2.26. The van der Waals surface area contributed by atoms with E-state index >= 15 is 0 Å². The molecule has 1 saturated carbocycles. The van der Waals surface area contributed by atoms with Crippen LogP contribution in [0.4, 0.5) is 11.9 Å². The van der Waals surface area contributed by atoms with Gasteiger partial charge in [-0.05, 0) is 25.7 Å². The molecule has 1 N–H and O–H groups in total. The molecule has 0 spiro atoms. The first-order valence-corrected chi connectivity index (χ1v) is 9.40.